The van der Waals surface area contributed by atoms with Crippen molar-refractivity contribution in [3.05, 3.63) is 46.2 Å². The van der Waals surface area contributed by atoms with Crippen LogP contribution in [0.5, 0.6) is 5.75 Å². The number of rotatable bonds is 10. The molecule has 12 N–H and O–H groups in total. The number of phenols is 1. The number of aliphatic hydroxyl groups is 4. The molecule has 18 heteroatoms. The molecule has 0 spiro atoms. The van der Waals surface area contributed by atoms with E-state index in [2.05, 4.69) is 10.6 Å². The van der Waals surface area contributed by atoms with Crippen molar-refractivity contribution in [1.29, 1.82) is 0 Å². The molecule has 268 valence electrons. The topological polar surface area (TPSA) is 318 Å². The smallest absolute Gasteiger partial charge is 0.414 e. The van der Waals surface area contributed by atoms with Gasteiger partial charge in [0, 0.05) is 17.4 Å². The number of carbonyl (C=O) groups is 6. The lowest BCUT2D eigenvalue weighted by Crippen LogP contribution is -2.67. The summed E-state index contributed by atoms with van der Waals surface area (Å²) in [5, 5.41) is 85.4. The highest BCUT2D eigenvalue weighted by atomic mass is 16.4. The van der Waals surface area contributed by atoms with E-state index in [1.165, 1.54) is 44.1 Å². The lowest BCUT2D eigenvalue weighted by Gasteiger charge is -2.53. The predicted molar refractivity (Wildman–Crippen MR) is 167 cm³/mol. The van der Waals surface area contributed by atoms with Crippen molar-refractivity contribution in [3.8, 4) is 5.75 Å². The SMILES string of the molecule is CN(C)[C@@H]1C(=O)C(C(=O)NCNCCCCC(N)C(=O)O)=C(O)[C@@]2(O)C(=O)C3=C(O)c4c(O)cccc4[C@@](C)(O)[C@H]3C[C@@H]12.O=C(O)C(=O)O. The van der Waals surface area contributed by atoms with Crippen LogP contribution in [-0.4, -0.2) is 126 Å². The third-order valence-electron chi connectivity index (χ3n) is 8.99. The van der Waals surface area contributed by atoms with E-state index in [4.69, 9.17) is 30.6 Å². The molecule has 1 aromatic carbocycles. The van der Waals surface area contributed by atoms with E-state index in [0.29, 0.717) is 19.4 Å². The maximum Gasteiger partial charge on any atom is 0.414 e. The largest absolute Gasteiger partial charge is 0.508 e. The van der Waals surface area contributed by atoms with Crippen LogP contribution in [-0.2, 0) is 34.4 Å². The van der Waals surface area contributed by atoms with Crippen LogP contribution in [0.4, 0.5) is 0 Å². The molecule has 3 aliphatic rings. The zero-order valence-electron chi connectivity index (χ0n) is 26.8. The summed E-state index contributed by atoms with van der Waals surface area (Å²) in [7, 11) is 3.02. The Hall–Kier alpha value is -4.88. The molecule has 4 rings (SSSR count). The molecular formula is C31H40N4O14. The summed E-state index contributed by atoms with van der Waals surface area (Å²) in [6.07, 6.45) is 1.10. The maximum absolute atomic E-state index is 14.1. The van der Waals surface area contributed by atoms with Gasteiger partial charge in [0.15, 0.2) is 11.4 Å². The first-order chi connectivity index (χ1) is 22.7. The molecule has 0 bridgehead atoms. The van der Waals surface area contributed by atoms with Crippen LogP contribution in [0.2, 0.25) is 0 Å². The van der Waals surface area contributed by atoms with Crippen molar-refractivity contribution in [2.75, 3.05) is 27.3 Å². The summed E-state index contributed by atoms with van der Waals surface area (Å²) >= 11 is 0. The molecule has 1 aromatic rings. The summed E-state index contributed by atoms with van der Waals surface area (Å²) in [5.41, 5.74) is -0.436. The number of likely N-dealkylation sites (N-methyl/N-ethyl adjacent to an activating group) is 1. The number of unbranched alkanes of at least 4 members (excludes halogenated alkanes) is 1. The molecule has 0 saturated heterocycles. The first-order valence-corrected chi connectivity index (χ1v) is 15.1. The number of aliphatic carboxylic acids is 3. The molecule has 1 saturated carbocycles. The van der Waals surface area contributed by atoms with E-state index in [9.17, 15) is 44.7 Å². The number of hydrogen-bond acceptors (Lipinski definition) is 14. The van der Waals surface area contributed by atoms with Crippen molar-refractivity contribution < 1.29 is 69.6 Å². The first-order valence-electron chi connectivity index (χ1n) is 15.1. The lowest BCUT2D eigenvalue weighted by molar-refractivity contribution is -0.159. The molecule has 0 aliphatic heterocycles. The zero-order valence-corrected chi connectivity index (χ0v) is 26.8. The monoisotopic (exact) mass is 692 g/mol. The number of nitrogens with two attached hydrogens (primary N) is 1. The number of aliphatic hydroxyl groups excluding tert-OH is 2. The Balaban J connectivity index is 0.000000992. The molecule has 1 fully saturated rings. The van der Waals surface area contributed by atoms with Gasteiger partial charge in [0.1, 0.15) is 28.9 Å². The number of carboxylic acids is 3. The van der Waals surface area contributed by atoms with Gasteiger partial charge in [-0.25, -0.2) is 9.59 Å². The summed E-state index contributed by atoms with van der Waals surface area (Å²) < 4.78 is 0. The number of ketones is 2. The van der Waals surface area contributed by atoms with Gasteiger partial charge in [0.05, 0.1) is 23.9 Å². The Morgan fingerprint density at radius 1 is 1.02 bits per heavy atom. The molecule has 0 radical (unpaired) electrons. The Kier molecular flexibility index (Phi) is 11.6. The second-order valence-corrected chi connectivity index (χ2v) is 12.3. The summed E-state index contributed by atoms with van der Waals surface area (Å²) in [4.78, 5) is 71.3. The standard InChI is InChI=1S/C29H38N4O10.C2H2O4/c1-28(42)13-7-6-9-17(34)18(13)22(35)19-14(28)11-15-21(33(2)3)23(36)20(25(38)29(15,43)24(19)37)26(39)32-12-31-10-5-4-8-16(30)27(40)41;3-1(4)2(5)6/h6-7,9,14-16,21,31,34-35,38,42-43H,4-5,8,10-12,30H2,1-3H3,(H,32,39)(H,40,41);(H,3,4)(H,5,6)/t14-,15-,16?,21-,28+,29-;/m0./s1. The third kappa shape index (κ3) is 7.13. The minimum absolute atomic E-state index is 0.150. The highest BCUT2D eigenvalue weighted by Crippen LogP contribution is 2.57. The lowest BCUT2D eigenvalue weighted by atomic mass is 9.54. The van der Waals surface area contributed by atoms with Gasteiger partial charge < -0.3 is 51.9 Å². The molecule has 3 aliphatic carbocycles. The number of nitrogens with one attached hydrogen (secondary N) is 2. The van der Waals surface area contributed by atoms with Crippen molar-refractivity contribution in [3.63, 3.8) is 0 Å². The minimum Gasteiger partial charge on any atom is -0.508 e. The molecule has 1 amide bonds. The van der Waals surface area contributed by atoms with E-state index >= 15 is 0 Å². The Labute approximate surface area is 279 Å². The molecule has 1 unspecified atom stereocenters. The van der Waals surface area contributed by atoms with E-state index < -0.39 is 98.9 Å². The number of carbonyl (C=O) groups excluding carboxylic acids is 3. The third-order valence-corrected chi connectivity index (χ3v) is 8.99. The number of fused-ring (bicyclic) bond motifs is 3. The van der Waals surface area contributed by atoms with E-state index in [1.54, 1.807) is 0 Å². The Bertz CT molecular complexity index is 1600. The number of aromatic hydroxyl groups is 1. The van der Waals surface area contributed by atoms with Crippen LogP contribution in [0.15, 0.2) is 35.1 Å². The molecule has 18 nitrogen and oxygen atoms in total. The number of hydrogen-bond donors (Lipinski definition) is 11. The van der Waals surface area contributed by atoms with E-state index in [1.807, 2.05) is 0 Å². The summed E-state index contributed by atoms with van der Waals surface area (Å²) in [5.74, 6) is -12.5. The minimum atomic E-state index is -2.80. The first kappa shape index (κ1) is 38.6. The van der Waals surface area contributed by atoms with E-state index in [-0.39, 0.29) is 30.6 Å². The molecule has 49 heavy (non-hydrogen) atoms. The van der Waals surface area contributed by atoms with Gasteiger partial charge in [0.2, 0.25) is 5.78 Å². The van der Waals surface area contributed by atoms with E-state index in [0.717, 1.165) is 0 Å². The normalized spacial score (nSPS) is 26.6. The summed E-state index contributed by atoms with van der Waals surface area (Å²) in [6, 6.07) is 1.99. The summed E-state index contributed by atoms with van der Waals surface area (Å²) in [6.45, 7) is 1.63. The Morgan fingerprint density at radius 3 is 2.18 bits per heavy atom. The van der Waals surface area contributed by atoms with Gasteiger partial charge in [0.25, 0.3) is 5.91 Å². The number of nitrogens with zero attached hydrogens (tertiary/aromatic N) is 1. The number of phenolic OH excluding ortho intramolecular Hbond substituents is 1. The fourth-order valence-corrected chi connectivity index (χ4v) is 6.54. The Morgan fingerprint density at radius 2 is 1.63 bits per heavy atom. The molecular weight excluding hydrogens is 652 g/mol. The number of Topliss-reactive ketones (excluding diaryl/α,β-unsaturated/α-hetero) is 2. The molecule has 0 aromatic heterocycles. The average molecular weight is 693 g/mol. The number of amides is 1. The van der Waals surface area contributed by atoms with Crippen LogP contribution in [0, 0.1) is 11.8 Å². The highest BCUT2D eigenvalue weighted by Gasteiger charge is 2.66. The second-order valence-electron chi connectivity index (χ2n) is 12.3. The van der Waals surface area contributed by atoms with Crippen molar-refractivity contribution in [2.45, 2.75) is 55.9 Å². The van der Waals surface area contributed by atoms with Crippen molar-refractivity contribution in [1.82, 2.24) is 15.5 Å². The number of carboxylic acid groups (broad SMARTS) is 3. The van der Waals surface area contributed by atoms with Crippen LogP contribution < -0.4 is 16.4 Å². The quantitative estimate of drug-likeness (QED) is 0.0578. The number of benzene rings is 1. The van der Waals surface area contributed by atoms with Gasteiger partial charge in [-0.1, -0.05) is 18.6 Å². The predicted octanol–water partition coefficient (Wildman–Crippen LogP) is -1.46. The van der Waals surface area contributed by atoms with Crippen LogP contribution >= 0.6 is 0 Å². The van der Waals surface area contributed by atoms with Crippen LogP contribution in [0.25, 0.3) is 5.76 Å². The maximum atomic E-state index is 14.1. The zero-order chi connectivity index (χ0) is 37.2. The highest BCUT2D eigenvalue weighted by molar-refractivity contribution is 6.27. The van der Waals surface area contributed by atoms with Gasteiger partial charge in [-0.3, -0.25) is 29.4 Å². The van der Waals surface area contributed by atoms with Crippen molar-refractivity contribution >= 4 is 41.1 Å². The average Bonchev–Trinajstić information content (AvgIpc) is 3.01. The second kappa shape index (κ2) is 14.7. The molecule has 0 heterocycles. The van der Waals surface area contributed by atoms with Gasteiger partial charge >= 0.3 is 17.9 Å². The molecule has 6 atom stereocenters. The van der Waals surface area contributed by atoms with Crippen molar-refractivity contribution in [2.24, 2.45) is 17.6 Å². The fourth-order valence-electron chi connectivity index (χ4n) is 6.54. The van der Waals surface area contributed by atoms with Gasteiger partial charge in [-0.05, 0) is 58.5 Å². The van der Waals surface area contributed by atoms with Gasteiger partial charge in [-0.15, -0.1) is 0 Å². The van der Waals surface area contributed by atoms with Gasteiger partial charge in [-0.2, -0.15) is 0 Å². The van der Waals surface area contributed by atoms with Crippen LogP contribution in [0.1, 0.15) is 43.7 Å². The fraction of sp³-hybridized carbons (Fsp3) is 0.484. The van der Waals surface area contributed by atoms with Crippen LogP contribution in [0.3, 0.4) is 0 Å².